The van der Waals surface area contributed by atoms with Crippen LogP contribution in [0, 0.1) is 23.0 Å². The Balaban J connectivity index is 1.34. The van der Waals surface area contributed by atoms with Crippen LogP contribution in [-0.2, 0) is 4.79 Å². The summed E-state index contributed by atoms with van der Waals surface area (Å²) in [6.45, 7) is 4.54. The van der Waals surface area contributed by atoms with E-state index in [0.29, 0.717) is 18.4 Å². The van der Waals surface area contributed by atoms with Crippen molar-refractivity contribution < 1.29 is 27.1 Å². The first-order valence-electron chi connectivity index (χ1n) is 15.6. The molecule has 3 aliphatic rings. The molecule has 0 radical (unpaired) electrons. The van der Waals surface area contributed by atoms with E-state index in [2.05, 4.69) is 26.4 Å². The molecule has 0 bridgehead atoms. The second-order valence-electron chi connectivity index (χ2n) is 12.5. The lowest BCUT2D eigenvalue weighted by atomic mass is 9.95. The molecule has 3 fully saturated rings. The summed E-state index contributed by atoms with van der Waals surface area (Å²) in [5.74, 6) is -3.29. The van der Waals surface area contributed by atoms with E-state index in [1.165, 1.54) is 17.2 Å². The first-order valence-corrected chi connectivity index (χ1v) is 16.0. The highest BCUT2D eigenvalue weighted by atomic mass is 35.5. The van der Waals surface area contributed by atoms with Crippen LogP contribution < -0.4 is 9.64 Å². The van der Waals surface area contributed by atoms with Gasteiger partial charge in [-0.15, -0.1) is 0 Å². The largest absolute Gasteiger partial charge is 0.461 e. The molecule has 14 heteroatoms. The number of hydrogen-bond acceptors (Lipinski definition) is 8. The fourth-order valence-corrected chi connectivity index (χ4v) is 7.69. The number of benzene rings is 2. The molecule has 7 rings (SSSR count). The minimum absolute atomic E-state index is 0.0415. The summed E-state index contributed by atoms with van der Waals surface area (Å²) in [5, 5.41) is 10.4. The second-order valence-corrected chi connectivity index (χ2v) is 12.9. The molecule has 4 aromatic rings. The summed E-state index contributed by atoms with van der Waals surface area (Å²) in [6, 6.07) is 8.96. The van der Waals surface area contributed by atoms with Gasteiger partial charge < -0.3 is 14.5 Å². The Bertz CT molecular complexity index is 2010. The number of anilines is 1. The number of nitrogens with zero attached hydrogens (tertiary/aromatic N) is 7. The number of aromatic nitrogens is 3. The van der Waals surface area contributed by atoms with Gasteiger partial charge in [-0.25, -0.2) is 17.6 Å². The van der Waals surface area contributed by atoms with E-state index in [4.69, 9.17) is 16.3 Å². The van der Waals surface area contributed by atoms with Gasteiger partial charge in [0.05, 0.1) is 34.5 Å². The average Bonchev–Trinajstić information content (AvgIpc) is 3.60. The van der Waals surface area contributed by atoms with E-state index in [-0.39, 0.29) is 77.1 Å². The van der Waals surface area contributed by atoms with E-state index in [1.54, 1.807) is 29.2 Å². The SMILES string of the molecule is C=C(F)C(=O)N1CCN(c2nc(OC[C@@]34CCCN3CC(F)C4)nc3c(F)c(-c4cccc5ccc(F)c(Cl)c45)ncc23)C[C@@H]1CC#N. The standard InChI is InChI=1S/C34H30ClF4N7O2/c1-19(36)32(47)46-13-12-44(17-22(46)8-10-40)31-24-15-41-29(23-5-2-4-20-6-7-25(38)27(35)26(20)23)28(39)30(24)42-33(43-31)48-18-34-9-3-11-45(34)16-21(37)14-34/h2,4-7,15,21-22H,1,3,8-9,11-14,16-18H2/t21?,22-,34-/m0/s1. The van der Waals surface area contributed by atoms with Crippen molar-refractivity contribution in [2.75, 3.05) is 44.2 Å². The van der Waals surface area contributed by atoms with Gasteiger partial charge in [-0.05, 0) is 30.8 Å². The van der Waals surface area contributed by atoms with E-state index < -0.39 is 41.1 Å². The summed E-state index contributed by atoms with van der Waals surface area (Å²) in [4.78, 5) is 31.2. The molecule has 48 heavy (non-hydrogen) atoms. The van der Waals surface area contributed by atoms with Crippen molar-refractivity contribution in [3.8, 4) is 23.3 Å². The van der Waals surface area contributed by atoms with Crippen LogP contribution in [-0.4, -0.2) is 87.7 Å². The fourth-order valence-electron chi connectivity index (χ4n) is 7.42. The number of carbonyl (C=O) groups excluding carboxylic acids is 1. The number of alkyl halides is 1. The quantitative estimate of drug-likeness (QED) is 0.170. The maximum Gasteiger partial charge on any atom is 0.319 e. The molecule has 9 nitrogen and oxygen atoms in total. The molecule has 3 aliphatic heterocycles. The molecule has 0 N–H and O–H groups in total. The normalized spacial score (nSPS) is 22.7. The molecule has 248 valence electrons. The van der Waals surface area contributed by atoms with Gasteiger partial charge in [0.25, 0.3) is 5.91 Å². The number of carbonyl (C=O) groups is 1. The zero-order chi connectivity index (χ0) is 33.7. The van der Waals surface area contributed by atoms with Crippen molar-refractivity contribution in [1.29, 1.82) is 5.26 Å². The van der Waals surface area contributed by atoms with Crippen molar-refractivity contribution in [3.63, 3.8) is 0 Å². The monoisotopic (exact) mass is 679 g/mol. The molecule has 1 amide bonds. The Morgan fingerprint density at radius 1 is 1.17 bits per heavy atom. The van der Waals surface area contributed by atoms with E-state index in [1.807, 2.05) is 6.07 Å². The number of hydrogen-bond donors (Lipinski definition) is 0. The molecule has 0 spiro atoms. The molecule has 0 saturated carbocycles. The Hall–Kier alpha value is -4.54. The molecular weight excluding hydrogens is 650 g/mol. The Morgan fingerprint density at radius 3 is 2.79 bits per heavy atom. The van der Waals surface area contributed by atoms with Gasteiger partial charge in [-0.3, -0.25) is 14.7 Å². The van der Waals surface area contributed by atoms with Crippen LogP contribution in [0.15, 0.2) is 48.9 Å². The Morgan fingerprint density at radius 2 is 2.00 bits per heavy atom. The van der Waals surface area contributed by atoms with Crippen LogP contribution in [0.1, 0.15) is 25.7 Å². The van der Waals surface area contributed by atoms with Crippen molar-refractivity contribution in [2.24, 2.45) is 0 Å². The smallest absolute Gasteiger partial charge is 0.319 e. The highest BCUT2D eigenvalue weighted by Gasteiger charge is 2.49. The van der Waals surface area contributed by atoms with Gasteiger partial charge in [-0.2, -0.15) is 15.2 Å². The van der Waals surface area contributed by atoms with Crippen molar-refractivity contribution in [2.45, 2.75) is 43.4 Å². The minimum atomic E-state index is -1.13. The third-order valence-corrected chi connectivity index (χ3v) is 10.0. The lowest BCUT2D eigenvalue weighted by molar-refractivity contribution is -0.131. The van der Waals surface area contributed by atoms with Crippen LogP contribution in [0.25, 0.3) is 32.9 Å². The van der Waals surface area contributed by atoms with Crippen LogP contribution in [0.4, 0.5) is 23.4 Å². The van der Waals surface area contributed by atoms with Crippen LogP contribution in [0.2, 0.25) is 5.02 Å². The third-order valence-electron chi connectivity index (χ3n) is 9.67. The summed E-state index contributed by atoms with van der Waals surface area (Å²) >= 11 is 6.37. The van der Waals surface area contributed by atoms with Gasteiger partial charge in [0, 0.05) is 49.7 Å². The first-order chi connectivity index (χ1) is 23.1. The maximum absolute atomic E-state index is 16.7. The molecule has 2 aromatic heterocycles. The number of ether oxygens (including phenoxy) is 1. The van der Waals surface area contributed by atoms with Crippen molar-refractivity contribution in [1.82, 2.24) is 24.8 Å². The molecule has 5 heterocycles. The predicted octanol–water partition coefficient (Wildman–Crippen LogP) is 6.15. The topological polar surface area (TPSA) is 98.5 Å². The Kier molecular flexibility index (Phi) is 8.33. The number of nitriles is 1. The summed E-state index contributed by atoms with van der Waals surface area (Å²) in [7, 11) is 0. The van der Waals surface area contributed by atoms with Gasteiger partial charge >= 0.3 is 6.01 Å². The maximum atomic E-state index is 16.7. The van der Waals surface area contributed by atoms with Gasteiger partial charge in [0.15, 0.2) is 11.6 Å². The summed E-state index contributed by atoms with van der Waals surface area (Å²) in [6.07, 6.45) is 2.26. The molecule has 3 atom stereocenters. The molecule has 2 aromatic carbocycles. The van der Waals surface area contributed by atoms with Gasteiger partial charge in [0.1, 0.15) is 35.6 Å². The summed E-state index contributed by atoms with van der Waals surface area (Å²) in [5.41, 5.74) is -0.519. The summed E-state index contributed by atoms with van der Waals surface area (Å²) < 4.78 is 65.8. The van der Waals surface area contributed by atoms with Gasteiger partial charge in [0.2, 0.25) is 0 Å². The van der Waals surface area contributed by atoms with Gasteiger partial charge in [-0.1, -0.05) is 42.4 Å². The predicted molar refractivity (Wildman–Crippen MR) is 172 cm³/mol. The molecule has 0 aliphatic carbocycles. The Labute approximate surface area is 278 Å². The van der Waals surface area contributed by atoms with E-state index in [9.17, 15) is 23.2 Å². The number of pyridine rings is 1. The van der Waals surface area contributed by atoms with E-state index >= 15 is 4.39 Å². The minimum Gasteiger partial charge on any atom is -0.461 e. The number of amides is 1. The lowest BCUT2D eigenvalue weighted by Gasteiger charge is -2.41. The van der Waals surface area contributed by atoms with Crippen molar-refractivity contribution >= 4 is 45.0 Å². The van der Waals surface area contributed by atoms with E-state index in [0.717, 1.165) is 19.4 Å². The molecular formula is C34H30ClF4N7O2. The first kappa shape index (κ1) is 32.0. The highest BCUT2D eigenvalue weighted by Crippen LogP contribution is 2.41. The lowest BCUT2D eigenvalue weighted by Crippen LogP contribution is -2.55. The molecule has 1 unspecified atom stereocenters. The molecule has 3 saturated heterocycles. The zero-order valence-electron chi connectivity index (χ0n) is 25.7. The van der Waals surface area contributed by atoms with Crippen LogP contribution in [0.5, 0.6) is 6.01 Å². The zero-order valence-corrected chi connectivity index (χ0v) is 26.5. The second kappa shape index (κ2) is 12.5. The van der Waals surface area contributed by atoms with Crippen LogP contribution in [0.3, 0.4) is 0 Å². The number of halogens is 5. The number of fused-ring (bicyclic) bond motifs is 3. The average molecular weight is 680 g/mol. The third kappa shape index (κ3) is 5.46. The number of piperazine rings is 1. The number of rotatable bonds is 7. The highest BCUT2D eigenvalue weighted by molar-refractivity contribution is 6.36. The van der Waals surface area contributed by atoms with Crippen molar-refractivity contribution in [3.05, 3.63) is 65.6 Å². The fraction of sp³-hybridized carbons (Fsp3) is 0.382. The van der Waals surface area contributed by atoms with Crippen LogP contribution >= 0.6 is 11.6 Å².